The van der Waals surface area contributed by atoms with Crippen LogP contribution in [0.3, 0.4) is 0 Å². The van der Waals surface area contributed by atoms with E-state index in [1.165, 1.54) is 11.1 Å². The van der Waals surface area contributed by atoms with E-state index in [-0.39, 0.29) is 30.1 Å². The smallest absolute Gasteiger partial charge is 0.191 e. The van der Waals surface area contributed by atoms with E-state index in [1.807, 2.05) is 12.1 Å². The Morgan fingerprint density at radius 1 is 1.19 bits per heavy atom. The highest BCUT2D eigenvalue weighted by Crippen LogP contribution is 2.22. The minimum absolute atomic E-state index is 0. The predicted molar refractivity (Wildman–Crippen MR) is 136 cm³/mol. The third-order valence-corrected chi connectivity index (χ3v) is 5.21. The molecule has 0 spiro atoms. The maximum absolute atomic E-state index is 9.36. The van der Waals surface area contributed by atoms with Gasteiger partial charge in [0.2, 0.25) is 0 Å². The van der Waals surface area contributed by atoms with E-state index in [0.29, 0.717) is 18.9 Å². The average Bonchev–Trinajstić information content (AvgIpc) is 3.27. The molecule has 0 amide bonds. The van der Waals surface area contributed by atoms with Gasteiger partial charge < -0.3 is 25.2 Å². The number of rotatable bonds is 9. The summed E-state index contributed by atoms with van der Waals surface area (Å²) < 4.78 is 11.8. The fourth-order valence-electron chi connectivity index (χ4n) is 3.46. The van der Waals surface area contributed by atoms with Crippen LogP contribution in [0, 0.1) is 6.92 Å². The summed E-state index contributed by atoms with van der Waals surface area (Å²) in [5.41, 5.74) is 3.49. The highest BCUT2D eigenvalue weighted by atomic mass is 127. The molecule has 1 atom stereocenters. The summed E-state index contributed by atoms with van der Waals surface area (Å²) in [5.74, 6) is 1.98. The summed E-state index contributed by atoms with van der Waals surface area (Å²) >= 11 is 0. The van der Waals surface area contributed by atoms with Gasteiger partial charge in [0.25, 0.3) is 0 Å². The van der Waals surface area contributed by atoms with Crippen molar-refractivity contribution in [3.8, 4) is 11.5 Å². The summed E-state index contributed by atoms with van der Waals surface area (Å²) in [5, 5.41) is 16.1. The summed E-state index contributed by atoms with van der Waals surface area (Å²) in [7, 11) is 1.78. The Hall–Kier alpha value is -2.00. The second kappa shape index (κ2) is 13.4. The highest BCUT2D eigenvalue weighted by Gasteiger charge is 2.17. The zero-order valence-electron chi connectivity index (χ0n) is 18.4. The molecule has 0 aliphatic carbocycles. The Bertz CT molecular complexity index is 821. The van der Waals surface area contributed by atoms with E-state index < -0.39 is 0 Å². The monoisotopic (exact) mass is 539 g/mol. The van der Waals surface area contributed by atoms with Gasteiger partial charge in [0.15, 0.2) is 5.96 Å². The molecule has 7 heteroatoms. The van der Waals surface area contributed by atoms with Crippen molar-refractivity contribution < 1.29 is 14.6 Å². The Balaban J connectivity index is 0.00000341. The van der Waals surface area contributed by atoms with Gasteiger partial charge in [-0.3, -0.25) is 4.99 Å². The van der Waals surface area contributed by atoms with Gasteiger partial charge >= 0.3 is 0 Å². The summed E-state index contributed by atoms with van der Waals surface area (Å²) in [6.07, 6.45) is 4.31. The Morgan fingerprint density at radius 2 is 2.00 bits per heavy atom. The minimum Gasteiger partial charge on any atom is -0.508 e. The summed E-state index contributed by atoms with van der Waals surface area (Å²) in [4.78, 5) is 4.32. The van der Waals surface area contributed by atoms with Gasteiger partial charge in [-0.2, -0.15) is 0 Å². The number of ether oxygens (including phenoxy) is 2. The molecule has 1 aliphatic rings. The molecule has 3 N–H and O–H groups in total. The topological polar surface area (TPSA) is 75.1 Å². The van der Waals surface area contributed by atoms with Gasteiger partial charge in [0.05, 0.1) is 6.10 Å². The lowest BCUT2D eigenvalue weighted by molar-refractivity contribution is 0.0676. The number of phenols is 1. The molecule has 1 unspecified atom stereocenters. The zero-order chi connectivity index (χ0) is 21.2. The van der Waals surface area contributed by atoms with Gasteiger partial charge in [0, 0.05) is 32.3 Å². The molecule has 170 valence electrons. The SMILES string of the molecule is CN=C(NCCCc1ccc(O)cc1)NCc1ccc(C)cc1OCC1CCCO1.I. The van der Waals surface area contributed by atoms with Crippen molar-refractivity contribution in [3.05, 3.63) is 59.2 Å². The third-order valence-electron chi connectivity index (χ3n) is 5.21. The van der Waals surface area contributed by atoms with Gasteiger partial charge in [-0.05, 0) is 61.9 Å². The first kappa shape index (κ1) is 25.3. The lowest BCUT2D eigenvalue weighted by Gasteiger charge is -2.17. The van der Waals surface area contributed by atoms with Crippen molar-refractivity contribution >= 4 is 29.9 Å². The van der Waals surface area contributed by atoms with Crippen LogP contribution in [0.25, 0.3) is 0 Å². The molecule has 1 fully saturated rings. The van der Waals surface area contributed by atoms with Crippen molar-refractivity contribution in [2.24, 2.45) is 4.99 Å². The summed E-state index contributed by atoms with van der Waals surface area (Å²) in [6.45, 7) is 4.96. The Kier molecular flexibility index (Phi) is 10.9. The van der Waals surface area contributed by atoms with E-state index in [9.17, 15) is 5.11 Å². The van der Waals surface area contributed by atoms with Crippen LogP contribution >= 0.6 is 24.0 Å². The number of phenolic OH excluding ortho intramolecular Hbond substituents is 1. The van der Waals surface area contributed by atoms with Crippen LogP contribution in [0.15, 0.2) is 47.5 Å². The number of aliphatic imine (C=N–C) groups is 1. The first-order valence-corrected chi connectivity index (χ1v) is 10.7. The predicted octanol–water partition coefficient (Wildman–Crippen LogP) is 4.17. The number of hydrogen-bond acceptors (Lipinski definition) is 4. The van der Waals surface area contributed by atoms with Gasteiger partial charge in [-0.1, -0.05) is 24.3 Å². The largest absolute Gasteiger partial charge is 0.508 e. The molecule has 6 nitrogen and oxygen atoms in total. The van der Waals surface area contributed by atoms with Gasteiger partial charge in [-0.25, -0.2) is 0 Å². The van der Waals surface area contributed by atoms with Crippen molar-refractivity contribution in [3.63, 3.8) is 0 Å². The molecule has 1 heterocycles. The summed E-state index contributed by atoms with van der Waals surface area (Å²) in [6, 6.07) is 13.7. The lowest BCUT2D eigenvalue weighted by Crippen LogP contribution is -2.37. The molecule has 0 radical (unpaired) electrons. The Labute approximate surface area is 202 Å². The molecule has 0 saturated carbocycles. The fraction of sp³-hybridized carbons (Fsp3) is 0.458. The Morgan fingerprint density at radius 3 is 2.71 bits per heavy atom. The molecule has 1 saturated heterocycles. The van der Waals surface area contributed by atoms with Crippen molar-refractivity contribution in [2.75, 3.05) is 26.8 Å². The lowest BCUT2D eigenvalue weighted by atomic mass is 10.1. The number of guanidine groups is 1. The number of benzene rings is 2. The molecule has 31 heavy (non-hydrogen) atoms. The van der Waals surface area contributed by atoms with Crippen molar-refractivity contribution in [1.29, 1.82) is 0 Å². The zero-order valence-corrected chi connectivity index (χ0v) is 20.7. The molecular weight excluding hydrogens is 505 g/mol. The minimum atomic E-state index is 0. The van der Waals surface area contributed by atoms with E-state index in [1.54, 1.807) is 19.2 Å². The van der Waals surface area contributed by atoms with Crippen LogP contribution in [0.4, 0.5) is 0 Å². The number of aryl methyl sites for hydroxylation is 2. The molecule has 0 aromatic heterocycles. The maximum Gasteiger partial charge on any atom is 0.191 e. The van der Waals surface area contributed by atoms with Gasteiger partial charge in [-0.15, -0.1) is 24.0 Å². The van der Waals surface area contributed by atoms with E-state index in [2.05, 4.69) is 40.7 Å². The first-order valence-electron chi connectivity index (χ1n) is 10.7. The van der Waals surface area contributed by atoms with Crippen LogP contribution in [0.5, 0.6) is 11.5 Å². The molecule has 2 aromatic carbocycles. The molecule has 0 bridgehead atoms. The third kappa shape index (κ3) is 8.57. The molecule has 2 aromatic rings. The second-order valence-corrected chi connectivity index (χ2v) is 7.68. The number of halogens is 1. The average molecular weight is 539 g/mol. The van der Waals surface area contributed by atoms with E-state index in [0.717, 1.165) is 56.1 Å². The van der Waals surface area contributed by atoms with Crippen molar-refractivity contribution in [2.45, 2.75) is 45.3 Å². The molecule has 1 aliphatic heterocycles. The number of aromatic hydroxyl groups is 1. The van der Waals surface area contributed by atoms with Crippen LogP contribution in [-0.4, -0.2) is 44.0 Å². The first-order chi connectivity index (χ1) is 14.6. The van der Waals surface area contributed by atoms with Crippen molar-refractivity contribution in [1.82, 2.24) is 10.6 Å². The van der Waals surface area contributed by atoms with Crippen LogP contribution in [-0.2, 0) is 17.7 Å². The fourth-order valence-corrected chi connectivity index (χ4v) is 3.46. The number of hydrogen-bond donors (Lipinski definition) is 3. The number of nitrogens with one attached hydrogen (secondary N) is 2. The normalized spacial score (nSPS) is 15.9. The van der Waals surface area contributed by atoms with E-state index in [4.69, 9.17) is 9.47 Å². The standard InChI is InChI=1S/C24H33N3O3.HI/c1-18-7-10-20(23(15-18)30-17-22-6-4-14-29-22)16-27-24(25-2)26-13-3-5-19-8-11-21(28)12-9-19;/h7-12,15,22,28H,3-6,13-14,16-17H2,1-2H3,(H2,25,26,27);1H. The second-order valence-electron chi connectivity index (χ2n) is 7.68. The molecular formula is C24H34IN3O3. The maximum atomic E-state index is 9.36. The number of nitrogens with zero attached hydrogens (tertiary/aromatic N) is 1. The van der Waals surface area contributed by atoms with Gasteiger partial charge in [0.1, 0.15) is 18.1 Å². The van der Waals surface area contributed by atoms with E-state index >= 15 is 0 Å². The van der Waals surface area contributed by atoms with Crippen LogP contribution < -0.4 is 15.4 Å². The molecule has 3 rings (SSSR count). The quantitative estimate of drug-likeness (QED) is 0.193. The highest BCUT2D eigenvalue weighted by molar-refractivity contribution is 14.0. The van der Waals surface area contributed by atoms with Crippen LogP contribution in [0.2, 0.25) is 0 Å². The van der Waals surface area contributed by atoms with Crippen LogP contribution in [0.1, 0.15) is 36.0 Å².